The Balaban J connectivity index is 1.72. The Kier molecular flexibility index (Phi) is 5.43. The lowest BCUT2D eigenvalue weighted by Crippen LogP contribution is -2.21. The average Bonchev–Trinajstić information content (AvgIpc) is 3.18. The van der Waals surface area contributed by atoms with Gasteiger partial charge in [-0.15, -0.1) is 13.2 Å². The van der Waals surface area contributed by atoms with Crippen molar-refractivity contribution in [2.24, 2.45) is 7.05 Å². The van der Waals surface area contributed by atoms with Gasteiger partial charge < -0.3 is 9.47 Å². The molecule has 0 aliphatic carbocycles. The number of halogens is 3. The van der Waals surface area contributed by atoms with Crippen LogP contribution in [0.2, 0.25) is 0 Å². The van der Waals surface area contributed by atoms with Crippen molar-refractivity contribution in [1.82, 2.24) is 19.3 Å². The number of aromatic nitrogens is 4. The van der Waals surface area contributed by atoms with E-state index >= 15 is 0 Å². The van der Waals surface area contributed by atoms with Gasteiger partial charge in [-0.1, -0.05) is 6.07 Å². The van der Waals surface area contributed by atoms with Gasteiger partial charge in [0.05, 0.1) is 17.8 Å². The molecule has 5 rings (SSSR count). The third-order valence-electron chi connectivity index (χ3n) is 5.38. The van der Waals surface area contributed by atoms with E-state index in [1.165, 1.54) is 16.7 Å². The summed E-state index contributed by atoms with van der Waals surface area (Å²) in [5.41, 5.74) is 2.14. The molecule has 0 N–H and O–H groups in total. The molecule has 178 valence electrons. The summed E-state index contributed by atoms with van der Waals surface area (Å²) >= 11 is 0. The zero-order chi connectivity index (χ0) is 24.7. The van der Waals surface area contributed by atoms with Crippen molar-refractivity contribution in [2.45, 2.75) is 13.3 Å². The van der Waals surface area contributed by atoms with Crippen LogP contribution in [0.1, 0.15) is 6.92 Å². The highest BCUT2D eigenvalue weighted by atomic mass is 19.4. The Morgan fingerprint density at radius 2 is 1.74 bits per heavy atom. The topological polar surface area (TPSA) is 71.2 Å². The minimum Gasteiger partial charge on any atom is -0.478 e. The minimum absolute atomic E-state index is 0.316. The van der Waals surface area contributed by atoms with Crippen LogP contribution in [0.3, 0.4) is 0 Å². The number of alkyl halides is 3. The zero-order valence-electron chi connectivity index (χ0n) is 18.7. The second kappa shape index (κ2) is 8.46. The maximum atomic E-state index is 13.8. The fraction of sp³-hybridized carbons (Fsp3) is 0.160. The molecular formula is C25H19F3N4O3. The second-order valence-electron chi connectivity index (χ2n) is 7.81. The monoisotopic (exact) mass is 480 g/mol. The molecule has 3 aromatic heterocycles. The van der Waals surface area contributed by atoms with Gasteiger partial charge >= 0.3 is 6.36 Å². The van der Waals surface area contributed by atoms with E-state index in [1.54, 1.807) is 22.9 Å². The lowest BCUT2D eigenvalue weighted by molar-refractivity contribution is -0.274. The minimum atomic E-state index is -4.82. The molecule has 0 fully saturated rings. The summed E-state index contributed by atoms with van der Waals surface area (Å²) in [6.07, 6.45) is -2.96. The third kappa shape index (κ3) is 4.42. The number of ether oxygens (including phenoxy) is 2. The van der Waals surface area contributed by atoms with Gasteiger partial charge in [-0.25, -0.2) is 0 Å². The van der Waals surface area contributed by atoms with E-state index in [9.17, 15) is 18.0 Å². The van der Waals surface area contributed by atoms with E-state index in [0.717, 1.165) is 23.0 Å². The number of hydrogen-bond donors (Lipinski definition) is 0. The molecular weight excluding hydrogens is 461 g/mol. The second-order valence-corrected chi connectivity index (χ2v) is 7.81. The SMILES string of the molecule is CCOc1ccc2cc(-c3ccc4nn(C)cc4c3)c(=O)n(-c3ccc(OC(F)(F)F)cc3)c2n1. The van der Waals surface area contributed by atoms with E-state index in [-0.39, 0.29) is 11.3 Å². The molecule has 5 aromatic rings. The van der Waals surface area contributed by atoms with E-state index in [1.807, 2.05) is 38.4 Å². The standard InChI is InChI=1S/C25H19F3N4O3/c1-3-34-22-11-5-16-13-20(15-4-10-21-17(12-15)14-31(2)30-21)24(33)32(23(16)29-22)18-6-8-19(9-7-18)35-25(26,27)28/h4-14H,3H2,1-2H3. The molecule has 0 atom stereocenters. The first-order valence-corrected chi connectivity index (χ1v) is 10.7. The van der Waals surface area contributed by atoms with E-state index < -0.39 is 6.36 Å². The largest absolute Gasteiger partial charge is 0.573 e. The number of fused-ring (bicyclic) bond motifs is 2. The van der Waals surface area contributed by atoms with Crippen molar-refractivity contribution in [3.05, 3.63) is 77.2 Å². The van der Waals surface area contributed by atoms with Crippen LogP contribution in [-0.4, -0.2) is 32.3 Å². The summed E-state index contributed by atoms with van der Waals surface area (Å²) in [7, 11) is 1.82. The molecule has 0 unspecified atom stereocenters. The molecule has 0 aliphatic rings. The molecule has 0 spiro atoms. The summed E-state index contributed by atoms with van der Waals surface area (Å²) in [6.45, 7) is 2.20. The van der Waals surface area contributed by atoms with Crippen molar-refractivity contribution in [2.75, 3.05) is 6.61 Å². The predicted molar refractivity (Wildman–Crippen MR) is 125 cm³/mol. The lowest BCUT2D eigenvalue weighted by Gasteiger charge is -2.15. The summed E-state index contributed by atoms with van der Waals surface area (Å²) < 4.78 is 50.3. The highest BCUT2D eigenvalue weighted by Gasteiger charge is 2.31. The zero-order valence-corrected chi connectivity index (χ0v) is 18.7. The van der Waals surface area contributed by atoms with Crippen LogP contribution in [0.5, 0.6) is 11.6 Å². The van der Waals surface area contributed by atoms with Gasteiger partial charge in [0.25, 0.3) is 5.56 Å². The number of benzene rings is 2. The Hall–Kier alpha value is -4.34. The molecule has 0 saturated carbocycles. The van der Waals surface area contributed by atoms with Crippen LogP contribution in [0, 0.1) is 0 Å². The molecule has 3 heterocycles. The Labute approximate surface area is 197 Å². The Bertz CT molecular complexity index is 1610. The fourth-order valence-electron chi connectivity index (χ4n) is 3.96. The van der Waals surface area contributed by atoms with Crippen LogP contribution in [-0.2, 0) is 7.05 Å². The van der Waals surface area contributed by atoms with Crippen molar-refractivity contribution in [3.63, 3.8) is 0 Å². The van der Waals surface area contributed by atoms with E-state index in [4.69, 9.17) is 4.74 Å². The molecule has 10 heteroatoms. The summed E-state index contributed by atoms with van der Waals surface area (Å²) in [4.78, 5) is 18.2. The molecule has 0 bridgehead atoms. The predicted octanol–water partition coefficient (Wildman–Crippen LogP) is 5.24. The highest BCUT2D eigenvalue weighted by Crippen LogP contribution is 2.28. The van der Waals surface area contributed by atoms with Crippen LogP contribution in [0.4, 0.5) is 13.2 Å². The van der Waals surface area contributed by atoms with Crippen molar-refractivity contribution >= 4 is 21.9 Å². The quantitative estimate of drug-likeness (QED) is 0.344. The van der Waals surface area contributed by atoms with E-state index in [2.05, 4.69) is 14.8 Å². The van der Waals surface area contributed by atoms with Gasteiger partial charge in [-0.05, 0) is 61.0 Å². The number of nitrogens with zero attached hydrogens (tertiary/aromatic N) is 4. The average molecular weight is 480 g/mol. The first kappa shape index (κ1) is 22.5. The van der Waals surface area contributed by atoms with Gasteiger partial charge in [0.2, 0.25) is 5.88 Å². The van der Waals surface area contributed by atoms with Crippen LogP contribution >= 0.6 is 0 Å². The maximum Gasteiger partial charge on any atom is 0.573 e. The molecule has 0 saturated heterocycles. The van der Waals surface area contributed by atoms with Crippen LogP contribution in [0.25, 0.3) is 38.8 Å². The summed E-state index contributed by atoms with van der Waals surface area (Å²) in [5.74, 6) is -0.0607. The van der Waals surface area contributed by atoms with Gasteiger partial charge in [0, 0.05) is 35.6 Å². The highest BCUT2D eigenvalue weighted by molar-refractivity contribution is 5.88. The number of pyridine rings is 2. The van der Waals surface area contributed by atoms with Crippen molar-refractivity contribution in [1.29, 1.82) is 0 Å². The van der Waals surface area contributed by atoms with Gasteiger partial charge in [0.15, 0.2) is 5.65 Å². The first-order valence-electron chi connectivity index (χ1n) is 10.7. The lowest BCUT2D eigenvalue weighted by atomic mass is 10.0. The van der Waals surface area contributed by atoms with Crippen molar-refractivity contribution in [3.8, 4) is 28.4 Å². The Morgan fingerprint density at radius 3 is 2.46 bits per heavy atom. The molecule has 2 aromatic carbocycles. The number of hydrogen-bond acceptors (Lipinski definition) is 5. The molecule has 0 amide bonds. The van der Waals surface area contributed by atoms with Crippen molar-refractivity contribution < 1.29 is 22.6 Å². The summed E-state index contributed by atoms with van der Waals surface area (Å²) in [5, 5.41) is 5.89. The molecule has 35 heavy (non-hydrogen) atoms. The van der Waals surface area contributed by atoms with Gasteiger partial charge in [-0.2, -0.15) is 10.1 Å². The van der Waals surface area contributed by atoms with Crippen LogP contribution < -0.4 is 15.0 Å². The van der Waals surface area contributed by atoms with E-state index in [0.29, 0.717) is 40.3 Å². The number of rotatable bonds is 5. The first-order chi connectivity index (χ1) is 16.7. The fourth-order valence-corrected chi connectivity index (χ4v) is 3.96. The third-order valence-corrected chi connectivity index (χ3v) is 5.38. The smallest absolute Gasteiger partial charge is 0.478 e. The normalized spacial score (nSPS) is 11.8. The maximum absolute atomic E-state index is 13.8. The van der Waals surface area contributed by atoms with Crippen LogP contribution in [0.15, 0.2) is 71.7 Å². The van der Waals surface area contributed by atoms with Gasteiger partial charge in [0.1, 0.15) is 5.75 Å². The Morgan fingerprint density at radius 1 is 0.971 bits per heavy atom. The molecule has 7 nitrogen and oxygen atoms in total. The molecule has 0 aliphatic heterocycles. The van der Waals surface area contributed by atoms with Gasteiger partial charge in [-0.3, -0.25) is 14.0 Å². The molecule has 0 radical (unpaired) electrons. The summed E-state index contributed by atoms with van der Waals surface area (Å²) in [6, 6.07) is 15.8. The number of aryl methyl sites for hydroxylation is 1.